The van der Waals surface area contributed by atoms with Gasteiger partial charge in [-0.05, 0) is 23.5 Å². The van der Waals surface area contributed by atoms with Crippen LogP contribution in [0.4, 0.5) is 4.39 Å². The van der Waals surface area contributed by atoms with E-state index in [1.165, 1.54) is 11.5 Å². The van der Waals surface area contributed by atoms with E-state index in [-0.39, 0.29) is 5.82 Å². The van der Waals surface area contributed by atoms with Crippen LogP contribution in [0.25, 0.3) is 10.1 Å². The quantitative estimate of drug-likeness (QED) is 0.659. The molecule has 0 aliphatic heterocycles. The van der Waals surface area contributed by atoms with Gasteiger partial charge < -0.3 is 0 Å². The highest BCUT2D eigenvalue weighted by molar-refractivity contribution is 7.13. The topological polar surface area (TPSA) is 12.9 Å². The van der Waals surface area contributed by atoms with E-state index >= 15 is 0 Å². The molecule has 2 aromatic rings. The fourth-order valence-corrected chi connectivity index (χ4v) is 1.92. The largest absolute Gasteiger partial charge is 0.205 e. The second-order valence-corrected chi connectivity index (χ2v) is 3.44. The van der Waals surface area contributed by atoms with Crippen molar-refractivity contribution < 1.29 is 4.39 Å². The Bertz CT molecular complexity index is 408. The SMILES string of the molecule is CCc1ccc2cnsc2c1F. The first-order chi connectivity index (χ1) is 5.83. The highest BCUT2D eigenvalue weighted by Gasteiger charge is 2.06. The molecule has 0 atom stereocenters. The van der Waals surface area contributed by atoms with Crippen molar-refractivity contribution in [2.75, 3.05) is 0 Å². The Balaban J connectivity index is 2.78. The second kappa shape index (κ2) is 2.83. The zero-order valence-electron chi connectivity index (χ0n) is 6.67. The van der Waals surface area contributed by atoms with Crippen molar-refractivity contribution in [1.82, 2.24) is 4.37 Å². The maximum Gasteiger partial charge on any atom is 0.145 e. The Morgan fingerprint density at radius 2 is 2.33 bits per heavy atom. The summed E-state index contributed by atoms with van der Waals surface area (Å²) in [5.74, 6) is -0.0995. The number of halogens is 1. The van der Waals surface area contributed by atoms with Gasteiger partial charge in [-0.3, -0.25) is 0 Å². The molecule has 12 heavy (non-hydrogen) atoms. The van der Waals surface area contributed by atoms with Gasteiger partial charge in [-0.1, -0.05) is 19.1 Å². The monoisotopic (exact) mass is 181 g/mol. The average molecular weight is 181 g/mol. The number of hydrogen-bond acceptors (Lipinski definition) is 2. The number of benzene rings is 1. The maximum atomic E-state index is 13.5. The second-order valence-electron chi connectivity index (χ2n) is 2.64. The van der Waals surface area contributed by atoms with Crippen LogP contribution in [0.15, 0.2) is 18.3 Å². The Hall–Kier alpha value is -0.960. The summed E-state index contributed by atoms with van der Waals surface area (Å²) in [4.78, 5) is 0. The molecule has 0 aliphatic carbocycles. The van der Waals surface area contributed by atoms with Crippen molar-refractivity contribution in [2.45, 2.75) is 13.3 Å². The summed E-state index contributed by atoms with van der Waals surface area (Å²) < 4.78 is 18.1. The van der Waals surface area contributed by atoms with Crippen molar-refractivity contribution in [1.29, 1.82) is 0 Å². The predicted molar refractivity (Wildman–Crippen MR) is 49.0 cm³/mol. The van der Waals surface area contributed by atoms with Crippen molar-refractivity contribution in [3.05, 3.63) is 29.7 Å². The van der Waals surface area contributed by atoms with E-state index in [0.29, 0.717) is 4.70 Å². The van der Waals surface area contributed by atoms with Crippen LogP contribution >= 0.6 is 11.5 Å². The summed E-state index contributed by atoms with van der Waals surface area (Å²) in [6, 6.07) is 3.74. The molecule has 0 fully saturated rings. The molecule has 1 heterocycles. The molecule has 0 saturated carbocycles. The molecule has 1 nitrogen and oxygen atoms in total. The van der Waals surface area contributed by atoms with Crippen LogP contribution in [-0.4, -0.2) is 4.37 Å². The van der Waals surface area contributed by atoms with Gasteiger partial charge in [0.25, 0.3) is 0 Å². The summed E-state index contributed by atoms with van der Waals surface area (Å²) >= 11 is 1.22. The minimum Gasteiger partial charge on any atom is -0.205 e. The minimum absolute atomic E-state index is 0.0995. The van der Waals surface area contributed by atoms with Gasteiger partial charge in [-0.15, -0.1) is 0 Å². The highest BCUT2D eigenvalue weighted by Crippen LogP contribution is 2.24. The van der Waals surface area contributed by atoms with Crippen LogP contribution in [0.5, 0.6) is 0 Å². The van der Waals surface area contributed by atoms with Gasteiger partial charge in [0.15, 0.2) is 0 Å². The van der Waals surface area contributed by atoms with Gasteiger partial charge in [0.05, 0.1) is 4.70 Å². The van der Waals surface area contributed by atoms with Crippen LogP contribution < -0.4 is 0 Å². The van der Waals surface area contributed by atoms with Crippen LogP contribution in [-0.2, 0) is 6.42 Å². The zero-order chi connectivity index (χ0) is 8.55. The lowest BCUT2D eigenvalue weighted by Crippen LogP contribution is -1.85. The van der Waals surface area contributed by atoms with E-state index in [9.17, 15) is 4.39 Å². The standard InChI is InChI=1S/C9H8FNS/c1-2-6-3-4-7-5-11-12-9(7)8(6)10/h3-5H,2H2,1H3. The molecular formula is C9H8FNS. The van der Waals surface area contributed by atoms with E-state index in [1.807, 2.05) is 19.1 Å². The Morgan fingerprint density at radius 1 is 1.50 bits per heavy atom. The van der Waals surface area contributed by atoms with Gasteiger partial charge >= 0.3 is 0 Å². The lowest BCUT2D eigenvalue weighted by molar-refractivity contribution is 0.626. The van der Waals surface area contributed by atoms with Gasteiger partial charge in [0.2, 0.25) is 0 Å². The highest BCUT2D eigenvalue weighted by atomic mass is 32.1. The lowest BCUT2D eigenvalue weighted by Gasteiger charge is -1.98. The lowest BCUT2D eigenvalue weighted by atomic mass is 10.1. The van der Waals surface area contributed by atoms with Gasteiger partial charge in [-0.2, -0.15) is 4.37 Å². The third-order valence-electron chi connectivity index (χ3n) is 1.92. The third kappa shape index (κ3) is 1.01. The molecule has 3 heteroatoms. The Kier molecular flexibility index (Phi) is 1.81. The molecule has 0 bridgehead atoms. The van der Waals surface area contributed by atoms with Crippen LogP contribution in [0.2, 0.25) is 0 Å². The Labute approximate surface area is 74.0 Å². The van der Waals surface area contributed by atoms with E-state index in [0.717, 1.165) is 17.4 Å². The van der Waals surface area contributed by atoms with Gasteiger partial charge in [-0.25, -0.2) is 4.39 Å². The van der Waals surface area contributed by atoms with Crippen molar-refractivity contribution in [3.63, 3.8) is 0 Å². The minimum atomic E-state index is -0.0995. The molecule has 62 valence electrons. The summed E-state index contributed by atoms with van der Waals surface area (Å²) in [5.41, 5.74) is 0.770. The average Bonchev–Trinajstić information content (AvgIpc) is 2.53. The molecule has 0 saturated heterocycles. The van der Waals surface area contributed by atoms with Crippen molar-refractivity contribution in [3.8, 4) is 0 Å². The van der Waals surface area contributed by atoms with Gasteiger partial charge in [0.1, 0.15) is 5.82 Å². The van der Waals surface area contributed by atoms with Crippen molar-refractivity contribution >= 4 is 21.6 Å². The molecule has 0 N–H and O–H groups in total. The summed E-state index contributed by atoms with van der Waals surface area (Å²) in [5, 5.41) is 0.898. The first kappa shape index (κ1) is 7.68. The van der Waals surface area contributed by atoms with Crippen molar-refractivity contribution in [2.24, 2.45) is 0 Å². The van der Waals surface area contributed by atoms with E-state index in [1.54, 1.807) is 6.20 Å². The van der Waals surface area contributed by atoms with E-state index in [2.05, 4.69) is 4.37 Å². The summed E-state index contributed by atoms with van der Waals surface area (Å²) in [7, 11) is 0. The molecule has 0 radical (unpaired) electrons. The number of aryl methyl sites for hydroxylation is 1. The number of rotatable bonds is 1. The molecule has 0 aliphatic rings. The maximum absolute atomic E-state index is 13.5. The zero-order valence-corrected chi connectivity index (χ0v) is 7.49. The number of fused-ring (bicyclic) bond motifs is 1. The molecule has 0 unspecified atom stereocenters. The fourth-order valence-electron chi connectivity index (χ4n) is 1.22. The molecule has 2 rings (SSSR count). The Morgan fingerprint density at radius 3 is 3.08 bits per heavy atom. The molecule has 0 amide bonds. The summed E-state index contributed by atoms with van der Waals surface area (Å²) in [6.07, 6.45) is 2.43. The van der Waals surface area contributed by atoms with Crippen LogP contribution in [0.3, 0.4) is 0 Å². The first-order valence-corrected chi connectivity index (χ1v) is 4.62. The van der Waals surface area contributed by atoms with E-state index < -0.39 is 0 Å². The third-order valence-corrected chi connectivity index (χ3v) is 2.73. The fraction of sp³-hybridized carbons (Fsp3) is 0.222. The molecule has 0 spiro atoms. The molecule has 1 aromatic carbocycles. The van der Waals surface area contributed by atoms with Crippen LogP contribution in [0, 0.1) is 5.82 Å². The first-order valence-electron chi connectivity index (χ1n) is 3.84. The number of nitrogens with zero attached hydrogens (tertiary/aromatic N) is 1. The van der Waals surface area contributed by atoms with E-state index in [4.69, 9.17) is 0 Å². The molecule has 1 aromatic heterocycles. The van der Waals surface area contributed by atoms with Gasteiger partial charge in [0, 0.05) is 11.6 Å². The predicted octanol–water partition coefficient (Wildman–Crippen LogP) is 3.00. The summed E-state index contributed by atoms with van der Waals surface area (Å²) in [6.45, 7) is 1.95. The van der Waals surface area contributed by atoms with Crippen LogP contribution in [0.1, 0.15) is 12.5 Å². The number of hydrogen-bond donors (Lipinski definition) is 0. The normalized spacial score (nSPS) is 10.8. The molecular weight excluding hydrogens is 173 g/mol. The number of aromatic nitrogens is 1. The smallest absolute Gasteiger partial charge is 0.145 e.